The summed E-state index contributed by atoms with van der Waals surface area (Å²) >= 11 is 0. The Balaban J connectivity index is 1.35. The van der Waals surface area contributed by atoms with Crippen molar-refractivity contribution >= 4 is 16.9 Å². The molecule has 0 spiro atoms. The van der Waals surface area contributed by atoms with E-state index in [-0.39, 0.29) is 23.8 Å². The number of likely N-dealkylation sites (tertiary alicyclic amines) is 1. The van der Waals surface area contributed by atoms with E-state index in [4.69, 9.17) is 4.98 Å². The first-order valence-electron chi connectivity index (χ1n) is 9.61. The number of aryl methyl sites for hydroxylation is 1. The number of para-hydroxylation sites is 2. The fourth-order valence-corrected chi connectivity index (χ4v) is 4.15. The summed E-state index contributed by atoms with van der Waals surface area (Å²) in [4.78, 5) is 22.9. The van der Waals surface area contributed by atoms with Crippen LogP contribution in [0.25, 0.3) is 11.0 Å². The largest absolute Gasteiger partial charge is 0.351 e. The minimum atomic E-state index is 0.109. The number of hydrogen-bond acceptors (Lipinski definition) is 4. The summed E-state index contributed by atoms with van der Waals surface area (Å²) in [7, 11) is 1.97. The van der Waals surface area contributed by atoms with Gasteiger partial charge in [0.15, 0.2) is 0 Å². The van der Waals surface area contributed by atoms with Crippen LogP contribution in [-0.2, 0) is 18.4 Å². The number of carbonyl (C=O) groups is 1. The lowest BCUT2D eigenvalue weighted by Gasteiger charge is -2.20. The smallest absolute Gasteiger partial charge is 0.223 e. The summed E-state index contributed by atoms with van der Waals surface area (Å²) in [5.41, 5.74) is 3.23. The molecule has 140 valence electrons. The molecule has 1 aromatic carbocycles. The zero-order valence-electron chi connectivity index (χ0n) is 15.4. The molecule has 3 heterocycles. The van der Waals surface area contributed by atoms with Crippen molar-refractivity contribution < 1.29 is 4.79 Å². The zero-order valence-corrected chi connectivity index (χ0v) is 15.4. The van der Waals surface area contributed by atoms with Crippen LogP contribution in [0.4, 0.5) is 0 Å². The molecule has 0 unspecified atom stereocenters. The monoisotopic (exact) mass is 364 g/mol. The van der Waals surface area contributed by atoms with Gasteiger partial charge in [-0.2, -0.15) is 5.10 Å². The highest BCUT2D eigenvalue weighted by Crippen LogP contribution is 2.32. The number of hydrogen-bond donors (Lipinski definition) is 2. The first kappa shape index (κ1) is 16.5. The third kappa shape index (κ3) is 3.23. The van der Waals surface area contributed by atoms with Gasteiger partial charge in [0.1, 0.15) is 5.82 Å². The van der Waals surface area contributed by atoms with Gasteiger partial charge in [-0.25, -0.2) is 4.98 Å². The molecule has 0 radical (unpaired) electrons. The van der Waals surface area contributed by atoms with E-state index in [1.54, 1.807) is 0 Å². The first-order chi connectivity index (χ1) is 13.2. The minimum absolute atomic E-state index is 0.109. The maximum Gasteiger partial charge on any atom is 0.223 e. The summed E-state index contributed by atoms with van der Waals surface area (Å²) in [6, 6.07) is 10.3. The highest BCUT2D eigenvalue weighted by Gasteiger charge is 2.39. The highest BCUT2D eigenvalue weighted by molar-refractivity contribution is 5.81. The van der Waals surface area contributed by atoms with E-state index in [0.717, 1.165) is 49.3 Å². The lowest BCUT2D eigenvalue weighted by Crippen LogP contribution is -2.41. The first-order valence-corrected chi connectivity index (χ1v) is 9.61. The summed E-state index contributed by atoms with van der Waals surface area (Å²) in [6.45, 7) is 2.45. The van der Waals surface area contributed by atoms with Crippen LogP contribution in [0.15, 0.2) is 36.5 Å². The molecule has 1 amide bonds. The molecule has 7 nitrogen and oxygen atoms in total. The van der Waals surface area contributed by atoms with Crippen LogP contribution in [0.3, 0.4) is 0 Å². The quantitative estimate of drug-likeness (QED) is 0.723. The van der Waals surface area contributed by atoms with Gasteiger partial charge in [0.05, 0.1) is 23.6 Å². The number of fused-ring (bicyclic) bond motifs is 1. The van der Waals surface area contributed by atoms with E-state index in [2.05, 4.69) is 26.4 Å². The van der Waals surface area contributed by atoms with Crippen LogP contribution in [0.2, 0.25) is 0 Å². The van der Waals surface area contributed by atoms with E-state index < -0.39 is 0 Å². The number of amides is 1. The molecule has 2 fully saturated rings. The third-order valence-electron chi connectivity index (χ3n) is 5.72. The second-order valence-electron chi connectivity index (χ2n) is 7.77. The molecule has 0 bridgehead atoms. The Labute approximate surface area is 157 Å². The Bertz CT molecular complexity index is 939. The summed E-state index contributed by atoms with van der Waals surface area (Å²) in [5.74, 6) is 1.64. The van der Waals surface area contributed by atoms with Crippen LogP contribution >= 0.6 is 0 Å². The predicted octanol–water partition coefficient (Wildman–Crippen LogP) is 1.79. The highest BCUT2D eigenvalue weighted by atomic mass is 16.2. The maximum absolute atomic E-state index is 12.4. The molecule has 2 aromatic heterocycles. The Kier molecular flexibility index (Phi) is 3.97. The number of imidazole rings is 1. The molecule has 7 heteroatoms. The van der Waals surface area contributed by atoms with Gasteiger partial charge in [0.2, 0.25) is 5.91 Å². The second-order valence-corrected chi connectivity index (χ2v) is 7.77. The van der Waals surface area contributed by atoms with Crippen molar-refractivity contribution in [1.29, 1.82) is 0 Å². The van der Waals surface area contributed by atoms with E-state index in [1.165, 1.54) is 5.69 Å². The molecule has 3 aromatic rings. The molecule has 1 aliphatic heterocycles. The van der Waals surface area contributed by atoms with Gasteiger partial charge in [0.25, 0.3) is 0 Å². The van der Waals surface area contributed by atoms with E-state index in [0.29, 0.717) is 0 Å². The standard InChI is InChI=1S/C20H24N6O/c1-25-18(8-9-21-25)14-10-26(11-17(14)24-20(27)13-6-7-13)12-19-22-15-4-2-3-5-16(15)23-19/h2-5,8-9,13-14,17H,6-7,10-12H2,1H3,(H,22,23)(H,24,27)/t14-,17-/m1/s1. The summed E-state index contributed by atoms with van der Waals surface area (Å²) < 4.78 is 1.92. The number of H-pyrrole nitrogens is 1. The number of rotatable bonds is 5. The Hall–Kier alpha value is -2.67. The average Bonchev–Trinajstić information content (AvgIpc) is 3.13. The number of carbonyl (C=O) groups excluding carboxylic acids is 1. The SMILES string of the molecule is Cn1nccc1[C@@H]1CN(Cc2nc3ccccc3[nH]2)C[C@H]1NC(=O)C1CC1. The topological polar surface area (TPSA) is 78.8 Å². The molecule has 1 aliphatic carbocycles. The van der Waals surface area contributed by atoms with Crippen molar-refractivity contribution in [1.82, 2.24) is 30.0 Å². The van der Waals surface area contributed by atoms with Crippen LogP contribution in [0, 0.1) is 5.92 Å². The molecular weight excluding hydrogens is 340 g/mol. The van der Waals surface area contributed by atoms with Gasteiger partial charge in [-0.05, 0) is 31.0 Å². The summed E-state index contributed by atoms with van der Waals surface area (Å²) in [5, 5.41) is 7.62. The number of benzene rings is 1. The van der Waals surface area contributed by atoms with Crippen molar-refractivity contribution in [2.24, 2.45) is 13.0 Å². The number of aromatic amines is 1. The molecule has 2 atom stereocenters. The van der Waals surface area contributed by atoms with Crippen LogP contribution in [0.1, 0.15) is 30.3 Å². The average molecular weight is 364 g/mol. The predicted molar refractivity (Wildman–Crippen MR) is 102 cm³/mol. The Morgan fingerprint density at radius 2 is 2.11 bits per heavy atom. The number of aromatic nitrogens is 4. The van der Waals surface area contributed by atoms with E-state index in [9.17, 15) is 4.79 Å². The van der Waals surface area contributed by atoms with Crippen LogP contribution < -0.4 is 5.32 Å². The lowest BCUT2D eigenvalue weighted by atomic mass is 9.99. The van der Waals surface area contributed by atoms with Crippen molar-refractivity contribution in [3.8, 4) is 0 Å². The molecule has 1 saturated heterocycles. The lowest BCUT2D eigenvalue weighted by molar-refractivity contribution is -0.123. The third-order valence-corrected chi connectivity index (χ3v) is 5.72. The van der Waals surface area contributed by atoms with Gasteiger partial charge >= 0.3 is 0 Å². The normalized spacial score (nSPS) is 23.1. The van der Waals surface area contributed by atoms with Crippen LogP contribution in [-0.4, -0.2) is 49.7 Å². The number of nitrogens with zero attached hydrogens (tertiary/aromatic N) is 4. The van der Waals surface area contributed by atoms with Crippen LogP contribution in [0.5, 0.6) is 0 Å². The molecule has 2 N–H and O–H groups in total. The van der Waals surface area contributed by atoms with Gasteiger partial charge in [-0.1, -0.05) is 12.1 Å². The van der Waals surface area contributed by atoms with Gasteiger partial charge in [-0.15, -0.1) is 0 Å². The summed E-state index contributed by atoms with van der Waals surface area (Å²) in [6.07, 6.45) is 3.88. The van der Waals surface area contributed by atoms with Crippen molar-refractivity contribution in [3.05, 3.63) is 48.0 Å². The molecule has 2 aliphatic rings. The van der Waals surface area contributed by atoms with Gasteiger partial charge in [-0.3, -0.25) is 14.4 Å². The second kappa shape index (κ2) is 6.49. The van der Waals surface area contributed by atoms with Gasteiger partial charge < -0.3 is 10.3 Å². The molecule has 27 heavy (non-hydrogen) atoms. The zero-order chi connectivity index (χ0) is 18.4. The number of nitrogens with one attached hydrogen (secondary N) is 2. The molecule has 5 rings (SSSR count). The van der Waals surface area contributed by atoms with Crippen molar-refractivity contribution in [2.45, 2.75) is 31.3 Å². The maximum atomic E-state index is 12.4. The van der Waals surface area contributed by atoms with Crippen molar-refractivity contribution in [2.75, 3.05) is 13.1 Å². The van der Waals surface area contributed by atoms with Gasteiger partial charge in [0, 0.05) is 43.9 Å². The van der Waals surface area contributed by atoms with Crippen molar-refractivity contribution in [3.63, 3.8) is 0 Å². The minimum Gasteiger partial charge on any atom is -0.351 e. The van der Waals surface area contributed by atoms with E-state index in [1.807, 2.05) is 42.2 Å². The Morgan fingerprint density at radius 3 is 2.85 bits per heavy atom. The fraction of sp³-hybridized carbons (Fsp3) is 0.450. The molecular formula is C20H24N6O. The Morgan fingerprint density at radius 1 is 1.26 bits per heavy atom. The van der Waals surface area contributed by atoms with E-state index >= 15 is 0 Å². The fourth-order valence-electron chi connectivity index (χ4n) is 4.15. The molecule has 1 saturated carbocycles.